The number of carbonyl (C=O) groups is 1. The maximum absolute atomic E-state index is 14.0. The Morgan fingerprint density at radius 2 is 1.82 bits per heavy atom. The molecule has 0 aromatic heterocycles. The van der Waals surface area contributed by atoms with Crippen molar-refractivity contribution in [1.29, 1.82) is 0 Å². The third-order valence-corrected chi connectivity index (χ3v) is 7.08. The summed E-state index contributed by atoms with van der Waals surface area (Å²) >= 11 is 18.9. The number of benzene rings is 2. The standard InChI is InChI=1S/C23H28Cl3F2N4OP/c1-3-18(32(4-2)22(33)23(27,28)34)15-7-8-16(25)20(29)21(15)31-11-5-10-30(13-31)19-9-6-14(24)12-17(19)26/h6-9,12,18H,3-5,10-11,13,29,34H2,1-2H3. The topological polar surface area (TPSA) is 52.8 Å². The van der Waals surface area contributed by atoms with Crippen molar-refractivity contribution < 1.29 is 13.6 Å². The summed E-state index contributed by atoms with van der Waals surface area (Å²) in [5.74, 6) is -1.25. The van der Waals surface area contributed by atoms with Gasteiger partial charge >= 0.3 is 5.66 Å². The van der Waals surface area contributed by atoms with Gasteiger partial charge in [0.05, 0.1) is 39.8 Å². The quantitative estimate of drug-likeness (QED) is 0.308. The molecule has 0 bridgehead atoms. The monoisotopic (exact) mass is 550 g/mol. The van der Waals surface area contributed by atoms with Crippen LogP contribution in [0, 0.1) is 0 Å². The maximum Gasteiger partial charge on any atom is 0.335 e. The van der Waals surface area contributed by atoms with Gasteiger partial charge in [0.1, 0.15) is 0 Å². The molecule has 1 aliphatic rings. The third-order valence-electron chi connectivity index (χ3n) is 5.97. The SMILES string of the molecule is CCC(c1ccc(Cl)c(N)c1N1CCCN(c2ccc(Cl)cc2Cl)C1)N(CC)C(=O)C(F)(F)P. The first-order chi connectivity index (χ1) is 16.0. The molecule has 0 aliphatic carbocycles. The first-order valence-corrected chi connectivity index (χ1v) is 12.7. The molecule has 2 unspecified atom stereocenters. The summed E-state index contributed by atoms with van der Waals surface area (Å²) in [5, 5.41) is 1.44. The summed E-state index contributed by atoms with van der Waals surface area (Å²) in [6, 6.07) is 8.15. The number of hydrogen-bond acceptors (Lipinski definition) is 4. The molecule has 0 saturated carbocycles. The van der Waals surface area contributed by atoms with E-state index < -0.39 is 17.6 Å². The predicted octanol–water partition coefficient (Wildman–Crippen LogP) is 6.67. The smallest absolute Gasteiger partial charge is 0.335 e. The van der Waals surface area contributed by atoms with E-state index in [2.05, 4.69) is 9.80 Å². The average Bonchev–Trinajstić information content (AvgIpc) is 2.78. The number of halogens is 5. The van der Waals surface area contributed by atoms with Crippen LogP contribution in [0.2, 0.25) is 15.1 Å². The molecule has 5 nitrogen and oxygen atoms in total. The number of nitrogens with two attached hydrogens (primary N) is 1. The molecule has 1 amide bonds. The molecule has 1 saturated heterocycles. The highest BCUT2D eigenvalue weighted by molar-refractivity contribution is 7.20. The van der Waals surface area contributed by atoms with E-state index in [-0.39, 0.29) is 6.54 Å². The second kappa shape index (κ2) is 11.0. The Hall–Kier alpha value is -1.53. The minimum Gasteiger partial charge on any atom is -0.396 e. The van der Waals surface area contributed by atoms with E-state index in [4.69, 9.17) is 40.5 Å². The number of amides is 1. The van der Waals surface area contributed by atoms with Gasteiger partial charge in [0.25, 0.3) is 5.91 Å². The predicted molar refractivity (Wildman–Crippen MR) is 142 cm³/mol. The number of hydrogen-bond donors (Lipinski definition) is 1. The van der Waals surface area contributed by atoms with Gasteiger partial charge in [0, 0.05) is 30.2 Å². The summed E-state index contributed by atoms with van der Waals surface area (Å²) in [6.45, 7) is 5.55. The lowest BCUT2D eigenvalue weighted by Crippen LogP contribution is -2.47. The van der Waals surface area contributed by atoms with Crippen LogP contribution in [-0.2, 0) is 4.79 Å². The van der Waals surface area contributed by atoms with Crippen molar-refractivity contribution in [2.24, 2.45) is 0 Å². The number of nitrogen functional groups attached to an aromatic ring is 1. The highest BCUT2D eigenvalue weighted by Gasteiger charge is 2.40. The number of carbonyl (C=O) groups excluding carboxylic acids is 1. The fourth-order valence-electron chi connectivity index (χ4n) is 4.44. The Morgan fingerprint density at radius 3 is 2.41 bits per heavy atom. The van der Waals surface area contributed by atoms with E-state index in [1.807, 2.05) is 13.0 Å². The molecule has 186 valence electrons. The molecule has 1 fully saturated rings. The lowest BCUT2D eigenvalue weighted by atomic mass is 9.98. The molecule has 2 aromatic carbocycles. The Bertz CT molecular complexity index is 1050. The van der Waals surface area contributed by atoms with Crippen molar-refractivity contribution in [1.82, 2.24) is 4.90 Å². The van der Waals surface area contributed by atoms with Gasteiger partial charge in [-0.2, -0.15) is 8.78 Å². The van der Waals surface area contributed by atoms with Gasteiger partial charge in [0.2, 0.25) is 0 Å². The van der Waals surface area contributed by atoms with Crippen molar-refractivity contribution in [3.63, 3.8) is 0 Å². The van der Waals surface area contributed by atoms with Crippen molar-refractivity contribution in [3.8, 4) is 0 Å². The number of alkyl halides is 2. The van der Waals surface area contributed by atoms with E-state index in [1.54, 1.807) is 31.2 Å². The zero-order chi connectivity index (χ0) is 25.2. The highest BCUT2D eigenvalue weighted by Crippen LogP contribution is 2.43. The van der Waals surface area contributed by atoms with Gasteiger partial charge in [-0.25, -0.2) is 0 Å². The molecule has 2 aromatic rings. The molecule has 0 spiro atoms. The zero-order valence-corrected chi connectivity index (χ0v) is 22.4. The van der Waals surface area contributed by atoms with Gasteiger partial charge in [0.15, 0.2) is 0 Å². The third kappa shape index (κ3) is 5.64. The van der Waals surface area contributed by atoms with Crippen molar-refractivity contribution in [2.45, 2.75) is 38.4 Å². The van der Waals surface area contributed by atoms with Crippen molar-refractivity contribution in [3.05, 3.63) is 51.0 Å². The normalized spacial score (nSPS) is 15.4. The Labute approximate surface area is 216 Å². The number of nitrogens with zero attached hydrogens (tertiary/aromatic N) is 3. The first-order valence-electron chi connectivity index (χ1n) is 11.0. The summed E-state index contributed by atoms with van der Waals surface area (Å²) in [6.07, 6.45) is 1.23. The lowest BCUT2D eigenvalue weighted by Gasteiger charge is -2.42. The van der Waals surface area contributed by atoms with Crippen LogP contribution in [0.3, 0.4) is 0 Å². The van der Waals surface area contributed by atoms with Crippen LogP contribution in [0.15, 0.2) is 30.3 Å². The molecule has 0 radical (unpaired) electrons. The Balaban J connectivity index is 2.04. The molecule has 2 atom stereocenters. The average molecular weight is 552 g/mol. The van der Waals surface area contributed by atoms with Crippen LogP contribution in [0.25, 0.3) is 0 Å². The second-order valence-corrected chi connectivity index (χ2v) is 10.1. The van der Waals surface area contributed by atoms with E-state index in [9.17, 15) is 13.6 Å². The molecule has 2 N–H and O–H groups in total. The molecule has 34 heavy (non-hydrogen) atoms. The van der Waals surface area contributed by atoms with E-state index >= 15 is 0 Å². The molecular formula is C23H28Cl3F2N4OP. The van der Waals surface area contributed by atoms with Crippen LogP contribution in [-0.4, -0.2) is 42.8 Å². The minimum atomic E-state index is -3.56. The highest BCUT2D eigenvalue weighted by atomic mass is 35.5. The van der Waals surface area contributed by atoms with Crippen molar-refractivity contribution >= 4 is 67.0 Å². The van der Waals surface area contributed by atoms with Crippen LogP contribution >= 0.6 is 44.0 Å². The summed E-state index contributed by atoms with van der Waals surface area (Å²) in [4.78, 5) is 17.9. The zero-order valence-electron chi connectivity index (χ0n) is 19.0. The summed E-state index contributed by atoms with van der Waals surface area (Å²) in [5.41, 5.74) is 5.40. The van der Waals surface area contributed by atoms with Gasteiger partial charge in [-0.3, -0.25) is 4.79 Å². The Morgan fingerprint density at radius 1 is 1.15 bits per heavy atom. The van der Waals surface area contributed by atoms with Crippen LogP contribution < -0.4 is 15.5 Å². The van der Waals surface area contributed by atoms with Gasteiger partial charge in [-0.15, -0.1) is 0 Å². The Kier molecular flexibility index (Phi) is 8.78. The van der Waals surface area contributed by atoms with Crippen molar-refractivity contribution in [2.75, 3.05) is 41.8 Å². The molecule has 1 heterocycles. The van der Waals surface area contributed by atoms with E-state index in [0.29, 0.717) is 51.6 Å². The summed E-state index contributed by atoms with van der Waals surface area (Å²) < 4.78 is 27.9. The van der Waals surface area contributed by atoms with Gasteiger partial charge < -0.3 is 20.4 Å². The lowest BCUT2D eigenvalue weighted by molar-refractivity contribution is -0.148. The molecule has 3 rings (SSSR count). The maximum atomic E-state index is 14.0. The second-order valence-electron chi connectivity index (χ2n) is 8.15. The molecular weight excluding hydrogens is 524 g/mol. The fraction of sp³-hybridized carbons (Fsp3) is 0.435. The largest absolute Gasteiger partial charge is 0.396 e. The van der Waals surface area contributed by atoms with Gasteiger partial charge in [-0.05, 0) is 44.0 Å². The molecule has 11 heteroatoms. The van der Waals surface area contributed by atoms with Crippen LogP contribution in [0.4, 0.5) is 25.8 Å². The summed E-state index contributed by atoms with van der Waals surface area (Å²) in [7, 11) is 1.33. The minimum absolute atomic E-state index is 0.121. The van der Waals surface area contributed by atoms with Crippen LogP contribution in [0.5, 0.6) is 0 Å². The van der Waals surface area contributed by atoms with E-state index in [0.717, 1.165) is 18.7 Å². The number of anilines is 3. The van der Waals surface area contributed by atoms with Gasteiger partial charge in [-0.1, -0.05) is 57.0 Å². The van der Waals surface area contributed by atoms with Crippen LogP contribution in [0.1, 0.15) is 38.3 Å². The first kappa shape index (κ1) is 27.1. The van der Waals surface area contributed by atoms with E-state index in [1.165, 1.54) is 14.1 Å². The number of rotatable bonds is 7. The fourth-order valence-corrected chi connectivity index (χ4v) is 5.29. The molecule has 1 aliphatic heterocycles.